The maximum atomic E-state index is 11.0. The van der Waals surface area contributed by atoms with Crippen LogP contribution in [0.15, 0.2) is 47.1 Å². The Kier molecular flexibility index (Phi) is 4.07. The molecule has 0 bridgehead atoms. The number of carbonyl (C=O) groups excluding carboxylic acids is 1. The number of hydrogen-bond donors (Lipinski definition) is 2. The van der Waals surface area contributed by atoms with Crippen molar-refractivity contribution in [3.05, 3.63) is 48.4 Å². The maximum Gasteiger partial charge on any atom is 0.411 e. The van der Waals surface area contributed by atoms with Crippen LogP contribution in [-0.2, 0) is 4.74 Å². The molecule has 5 nitrogen and oxygen atoms in total. The summed E-state index contributed by atoms with van der Waals surface area (Å²) >= 11 is 0. The number of methoxy groups -OCH3 is 1. The predicted octanol–water partition coefficient (Wildman–Crippen LogP) is 3.63. The molecule has 0 radical (unpaired) electrons. The fourth-order valence-electron chi connectivity index (χ4n) is 1.68. The van der Waals surface area contributed by atoms with E-state index >= 15 is 0 Å². The van der Waals surface area contributed by atoms with Crippen molar-refractivity contribution < 1.29 is 13.9 Å². The second-order valence-electron chi connectivity index (χ2n) is 4.08. The number of hydrogen-bond acceptors (Lipinski definition) is 4. The number of anilines is 2. The van der Waals surface area contributed by atoms with E-state index < -0.39 is 6.09 Å². The van der Waals surface area contributed by atoms with Gasteiger partial charge in [0.25, 0.3) is 0 Å². The number of carbonyl (C=O) groups is 1. The third kappa shape index (κ3) is 3.51. The Labute approximate surface area is 111 Å². The van der Waals surface area contributed by atoms with Gasteiger partial charge in [0.2, 0.25) is 0 Å². The van der Waals surface area contributed by atoms with E-state index in [0.29, 0.717) is 5.69 Å². The lowest BCUT2D eigenvalue weighted by molar-refractivity contribution is 0.187. The molecule has 2 N–H and O–H groups in total. The third-order valence-electron chi connectivity index (χ3n) is 2.67. The minimum atomic E-state index is -0.482. The standard InChI is InChI=1S/C14H16N2O3/c1-10(13-4-3-9-19-13)15-11-5-7-12(8-6-11)16-14(17)18-2/h3-10,15H,1-2H3,(H,16,17). The van der Waals surface area contributed by atoms with Gasteiger partial charge in [0.1, 0.15) is 5.76 Å². The molecule has 0 aliphatic carbocycles. The average Bonchev–Trinajstić information content (AvgIpc) is 2.95. The summed E-state index contributed by atoms with van der Waals surface area (Å²) < 4.78 is 9.84. The zero-order valence-corrected chi connectivity index (χ0v) is 10.8. The normalized spacial score (nSPS) is 11.7. The Morgan fingerprint density at radius 2 is 1.89 bits per heavy atom. The first kappa shape index (κ1) is 13.0. The van der Waals surface area contributed by atoms with Gasteiger partial charge >= 0.3 is 6.09 Å². The van der Waals surface area contributed by atoms with E-state index in [9.17, 15) is 4.79 Å². The molecule has 1 amide bonds. The minimum absolute atomic E-state index is 0.0782. The number of ether oxygens (including phenoxy) is 1. The van der Waals surface area contributed by atoms with Crippen LogP contribution in [0.1, 0.15) is 18.7 Å². The van der Waals surface area contributed by atoms with E-state index in [-0.39, 0.29) is 6.04 Å². The van der Waals surface area contributed by atoms with Gasteiger partial charge in [-0.1, -0.05) is 0 Å². The van der Waals surface area contributed by atoms with Gasteiger partial charge in [-0.15, -0.1) is 0 Å². The summed E-state index contributed by atoms with van der Waals surface area (Å²) in [5.41, 5.74) is 1.63. The highest BCUT2D eigenvalue weighted by Crippen LogP contribution is 2.21. The summed E-state index contributed by atoms with van der Waals surface area (Å²) in [5.74, 6) is 0.872. The lowest BCUT2D eigenvalue weighted by atomic mass is 10.2. The molecule has 0 aliphatic heterocycles. The van der Waals surface area contributed by atoms with Crippen LogP contribution in [0.25, 0.3) is 0 Å². The molecule has 2 aromatic rings. The molecule has 2 rings (SSSR count). The third-order valence-corrected chi connectivity index (χ3v) is 2.67. The molecule has 0 fully saturated rings. The van der Waals surface area contributed by atoms with Crippen LogP contribution in [0, 0.1) is 0 Å². The molecule has 0 saturated carbocycles. The second kappa shape index (κ2) is 5.95. The smallest absolute Gasteiger partial charge is 0.411 e. The summed E-state index contributed by atoms with van der Waals surface area (Å²) in [5, 5.41) is 5.89. The largest absolute Gasteiger partial charge is 0.467 e. The van der Waals surface area contributed by atoms with Gasteiger partial charge < -0.3 is 14.5 Å². The van der Waals surface area contributed by atoms with Gasteiger partial charge in [0.05, 0.1) is 19.4 Å². The number of amides is 1. The van der Waals surface area contributed by atoms with Gasteiger partial charge in [0, 0.05) is 11.4 Å². The zero-order chi connectivity index (χ0) is 13.7. The molecule has 100 valence electrons. The first-order valence-electron chi connectivity index (χ1n) is 5.94. The molecular weight excluding hydrogens is 244 g/mol. The molecule has 1 aromatic carbocycles. The van der Waals surface area contributed by atoms with Crippen LogP contribution in [-0.4, -0.2) is 13.2 Å². The van der Waals surface area contributed by atoms with Gasteiger partial charge in [-0.3, -0.25) is 5.32 Å². The lowest BCUT2D eigenvalue weighted by Crippen LogP contribution is -2.11. The Morgan fingerprint density at radius 1 is 1.21 bits per heavy atom. The van der Waals surface area contributed by atoms with Crippen LogP contribution < -0.4 is 10.6 Å². The summed E-state index contributed by atoms with van der Waals surface area (Å²) in [6.07, 6.45) is 1.17. The van der Waals surface area contributed by atoms with E-state index in [1.165, 1.54) is 7.11 Å². The van der Waals surface area contributed by atoms with Gasteiger partial charge in [-0.05, 0) is 43.3 Å². The van der Waals surface area contributed by atoms with E-state index in [0.717, 1.165) is 11.4 Å². The van der Waals surface area contributed by atoms with Crippen molar-refractivity contribution in [1.29, 1.82) is 0 Å². The highest BCUT2D eigenvalue weighted by atomic mass is 16.5. The molecule has 0 aliphatic rings. The van der Waals surface area contributed by atoms with Crippen molar-refractivity contribution in [2.75, 3.05) is 17.7 Å². The van der Waals surface area contributed by atoms with Crippen molar-refractivity contribution in [2.45, 2.75) is 13.0 Å². The summed E-state index contributed by atoms with van der Waals surface area (Å²) in [6.45, 7) is 2.01. The van der Waals surface area contributed by atoms with Gasteiger partial charge in [-0.25, -0.2) is 4.79 Å². The SMILES string of the molecule is COC(=O)Nc1ccc(NC(C)c2ccco2)cc1. The molecule has 0 saturated heterocycles. The van der Waals surface area contributed by atoms with Crippen molar-refractivity contribution in [3.63, 3.8) is 0 Å². The molecule has 5 heteroatoms. The number of nitrogens with one attached hydrogen (secondary N) is 2. The molecule has 19 heavy (non-hydrogen) atoms. The number of furan rings is 1. The van der Waals surface area contributed by atoms with E-state index in [1.54, 1.807) is 18.4 Å². The topological polar surface area (TPSA) is 63.5 Å². The second-order valence-corrected chi connectivity index (χ2v) is 4.08. The molecule has 1 unspecified atom stereocenters. The number of benzene rings is 1. The average molecular weight is 260 g/mol. The van der Waals surface area contributed by atoms with Crippen LogP contribution in [0.4, 0.5) is 16.2 Å². The first-order valence-corrected chi connectivity index (χ1v) is 5.94. The minimum Gasteiger partial charge on any atom is -0.467 e. The Balaban J connectivity index is 1.97. The van der Waals surface area contributed by atoms with Crippen molar-refractivity contribution in [2.24, 2.45) is 0 Å². The van der Waals surface area contributed by atoms with Gasteiger partial charge in [-0.2, -0.15) is 0 Å². The maximum absolute atomic E-state index is 11.0. The fourth-order valence-corrected chi connectivity index (χ4v) is 1.68. The zero-order valence-electron chi connectivity index (χ0n) is 10.8. The number of rotatable bonds is 4. The Hall–Kier alpha value is -2.43. The molecule has 1 atom stereocenters. The van der Waals surface area contributed by atoms with Gasteiger partial charge in [0.15, 0.2) is 0 Å². The molecule has 1 heterocycles. The van der Waals surface area contributed by atoms with Crippen molar-refractivity contribution >= 4 is 17.5 Å². The highest BCUT2D eigenvalue weighted by molar-refractivity contribution is 5.84. The monoisotopic (exact) mass is 260 g/mol. The molecule has 1 aromatic heterocycles. The highest BCUT2D eigenvalue weighted by Gasteiger charge is 2.07. The molecule has 0 spiro atoms. The van der Waals surface area contributed by atoms with Crippen molar-refractivity contribution in [3.8, 4) is 0 Å². The van der Waals surface area contributed by atoms with Crippen molar-refractivity contribution in [1.82, 2.24) is 0 Å². The Bertz CT molecular complexity index is 520. The fraction of sp³-hybridized carbons (Fsp3) is 0.214. The van der Waals surface area contributed by atoms with Crippen LogP contribution in [0.3, 0.4) is 0 Å². The summed E-state index contributed by atoms with van der Waals surface area (Å²) in [6, 6.07) is 11.2. The van der Waals surface area contributed by atoms with Crippen LogP contribution >= 0.6 is 0 Å². The summed E-state index contributed by atoms with van der Waals surface area (Å²) in [4.78, 5) is 11.0. The quantitative estimate of drug-likeness (QED) is 0.881. The summed E-state index contributed by atoms with van der Waals surface area (Å²) in [7, 11) is 1.33. The first-order chi connectivity index (χ1) is 9.19. The van der Waals surface area contributed by atoms with E-state index in [1.807, 2.05) is 31.2 Å². The van der Waals surface area contributed by atoms with Crippen LogP contribution in [0.2, 0.25) is 0 Å². The lowest BCUT2D eigenvalue weighted by Gasteiger charge is -2.13. The van der Waals surface area contributed by atoms with E-state index in [4.69, 9.17) is 4.42 Å². The van der Waals surface area contributed by atoms with Crippen LogP contribution in [0.5, 0.6) is 0 Å². The van der Waals surface area contributed by atoms with E-state index in [2.05, 4.69) is 15.4 Å². The Morgan fingerprint density at radius 3 is 2.47 bits per heavy atom. The predicted molar refractivity (Wildman–Crippen MR) is 73.2 cm³/mol. The molecular formula is C14H16N2O3.